The highest BCUT2D eigenvalue weighted by Crippen LogP contribution is 2.14. The number of anilines is 1. The molecule has 0 aliphatic carbocycles. The fourth-order valence-electron chi connectivity index (χ4n) is 2.99. The van der Waals surface area contributed by atoms with Crippen molar-refractivity contribution in [1.29, 1.82) is 0 Å². The first kappa shape index (κ1) is 21.2. The van der Waals surface area contributed by atoms with Gasteiger partial charge in [0.15, 0.2) is 0 Å². The Balaban J connectivity index is 0.00000144. The first-order valence-corrected chi connectivity index (χ1v) is 8.22. The number of ether oxygens (including phenoxy) is 1. The highest BCUT2D eigenvalue weighted by atomic mass is 35.5. The molecule has 2 heterocycles. The van der Waals surface area contributed by atoms with Crippen LogP contribution in [0.3, 0.4) is 0 Å². The Kier molecular flexibility index (Phi) is 9.63. The van der Waals surface area contributed by atoms with Crippen LogP contribution in [-0.4, -0.2) is 56.7 Å². The van der Waals surface area contributed by atoms with Crippen molar-refractivity contribution in [2.45, 2.75) is 12.8 Å². The Labute approximate surface area is 156 Å². The van der Waals surface area contributed by atoms with Gasteiger partial charge in [-0.2, -0.15) is 0 Å². The molecular formula is C17H27Cl2N3O2. The number of hydrogen-bond acceptors (Lipinski definition) is 4. The molecule has 1 aromatic rings. The molecule has 136 valence electrons. The summed E-state index contributed by atoms with van der Waals surface area (Å²) in [5.74, 6) is 0.243. The summed E-state index contributed by atoms with van der Waals surface area (Å²) in [4.78, 5) is 14.5. The lowest BCUT2D eigenvalue weighted by molar-refractivity contribution is -0.119. The maximum atomic E-state index is 12.1. The third kappa shape index (κ3) is 6.22. The zero-order valence-electron chi connectivity index (χ0n) is 13.8. The molecule has 0 bridgehead atoms. The van der Waals surface area contributed by atoms with Gasteiger partial charge in [0.2, 0.25) is 5.91 Å². The Morgan fingerprint density at radius 1 is 1.21 bits per heavy atom. The van der Waals surface area contributed by atoms with E-state index in [4.69, 9.17) is 4.74 Å². The molecule has 2 saturated heterocycles. The molecular weight excluding hydrogens is 349 g/mol. The van der Waals surface area contributed by atoms with Crippen LogP contribution >= 0.6 is 24.8 Å². The molecule has 2 aliphatic heterocycles. The first-order valence-electron chi connectivity index (χ1n) is 8.22. The smallest absolute Gasteiger partial charge is 0.228 e. The molecule has 0 aromatic heterocycles. The van der Waals surface area contributed by atoms with Crippen LogP contribution in [0.1, 0.15) is 12.0 Å². The van der Waals surface area contributed by atoms with Crippen LogP contribution in [0.4, 0.5) is 5.69 Å². The molecule has 3 rings (SSSR count). The number of carbonyl (C=O) groups is 1. The van der Waals surface area contributed by atoms with Gasteiger partial charge in [-0.3, -0.25) is 9.69 Å². The number of carbonyl (C=O) groups excluding carboxylic acids is 1. The average molecular weight is 376 g/mol. The van der Waals surface area contributed by atoms with Crippen LogP contribution in [0.5, 0.6) is 0 Å². The molecule has 2 N–H and O–H groups in total. The summed E-state index contributed by atoms with van der Waals surface area (Å²) in [5.41, 5.74) is 2.21. The van der Waals surface area contributed by atoms with Crippen molar-refractivity contribution in [1.82, 2.24) is 10.2 Å². The van der Waals surface area contributed by atoms with Gasteiger partial charge in [-0.1, -0.05) is 12.1 Å². The number of halogens is 2. The Bertz CT molecular complexity index is 487. The monoisotopic (exact) mass is 375 g/mol. The van der Waals surface area contributed by atoms with Gasteiger partial charge in [-0.15, -0.1) is 24.8 Å². The second-order valence-corrected chi connectivity index (χ2v) is 6.08. The molecule has 1 aromatic carbocycles. The quantitative estimate of drug-likeness (QED) is 0.825. The molecule has 2 fully saturated rings. The van der Waals surface area contributed by atoms with Gasteiger partial charge < -0.3 is 15.4 Å². The third-order valence-corrected chi connectivity index (χ3v) is 4.47. The minimum atomic E-state index is 0. The summed E-state index contributed by atoms with van der Waals surface area (Å²) in [6.07, 6.45) is 1.98. The summed E-state index contributed by atoms with van der Waals surface area (Å²) < 4.78 is 5.36. The van der Waals surface area contributed by atoms with Crippen LogP contribution in [0.2, 0.25) is 0 Å². The minimum absolute atomic E-state index is 0. The Hall–Kier alpha value is -0.850. The van der Waals surface area contributed by atoms with Crippen molar-refractivity contribution < 1.29 is 9.53 Å². The molecule has 0 radical (unpaired) electrons. The van der Waals surface area contributed by atoms with Crippen LogP contribution < -0.4 is 10.6 Å². The molecule has 1 amide bonds. The summed E-state index contributed by atoms with van der Waals surface area (Å²) in [6, 6.07) is 8.25. The minimum Gasteiger partial charge on any atom is -0.379 e. The number of nitrogens with one attached hydrogen (secondary N) is 2. The summed E-state index contributed by atoms with van der Waals surface area (Å²) >= 11 is 0. The number of benzene rings is 1. The van der Waals surface area contributed by atoms with Crippen molar-refractivity contribution in [3.8, 4) is 0 Å². The van der Waals surface area contributed by atoms with Gasteiger partial charge in [-0.05, 0) is 37.1 Å². The SMILES string of the molecule is Cl.Cl.O=C(Nc1ccc(CCN2CCOCC2)cc1)C1CCNC1. The van der Waals surface area contributed by atoms with E-state index in [9.17, 15) is 4.79 Å². The van der Waals surface area contributed by atoms with Crippen molar-refractivity contribution in [2.75, 3.05) is 51.3 Å². The summed E-state index contributed by atoms with van der Waals surface area (Å²) in [7, 11) is 0. The van der Waals surface area contributed by atoms with Gasteiger partial charge >= 0.3 is 0 Å². The number of rotatable bonds is 5. The second-order valence-electron chi connectivity index (χ2n) is 6.08. The van der Waals surface area contributed by atoms with Crippen molar-refractivity contribution in [3.05, 3.63) is 29.8 Å². The largest absolute Gasteiger partial charge is 0.379 e. The number of hydrogen-bond donors (Lipinski definition) is 2. The third-order valence-electron chi connectivity index (χ3n) is 4.47. The topological polar surface area (TPSA) is 53.6 Å². The van der Waals surface area contributed by atoms with E-state index < -0.39 is 0 Å². The highest BCUT2D eigenvalue weighted by Gasteiger charge is 2.22. The maximum Gasteiger partial charge on any atom is 0.228 e. The molecule has 0 spiro atoms. The molecule has 1 atom stereocenters. The molecule has 5 nitrogen and oxygen atoms in total. The maximum absolute atomic E-state index is 12.1. The van der Waals surface area contributed by atoms with Crippen LogP contribution in [-0.2, 0) is 16.0 Å². The van der Waals surface area contributed by atoms with E-state index in [1.54, 1.807) is 0 Å². The van der Waals surface area contributed by atoms with Gasteiger partial charge in [0, 0.05) is 31.9 Å². The van der Waals surface area contributed by atoms with E-state index in [1.165, 1.54) is 5.56 Å². The van der Waals surface area contributed by atoms with E-state index in [2.05, 4.69) is 27.7 Å². The zero-order valence-corrected chi connectivity index (χ0v) is 15.5. The van der Waals surface area contributed by atoms with Gasteiger partial charge in [0.1, 0.15) is 0 Å². The molecule has 1 unspecified atom stereocenters. The lowest BCUT2D eigenvalue weighted by Crippen LogP contribution is -2.37. The van der Waals surface area contributed by atoms with E-state index in [1.807, 2.05) is 12.1 Å². The second kappa shape index (κ2) is 10.9. The van der Waals surface area contributed by atoms with E-state index in [-0.39, 0.29) is 36.6 Å². The van der Waals surface area contributed by atoms with E-state index in [0.717, 1.165) is 64.5 Å². The Morgan fingerprint density at radius 2 is 1.92 bits per heavy atom. The number of morpholine rings is 1. The van der Waals surface area contributed by atoms with Crippen molar-refractivity contribution in [3.63, 3.8) is 0 Å². The van der Waals surface area contributed by atoms with E-state index >= 15 is 0 Å². The van der Waals surface area contributed by atoms with Crippen molar-refractivity contribution >= 4 is 36.4 Å². The van der Waals surface area contributed by atoms with E-state index in [0.29, 0.717) is 0 Å². The predicted octanol–water partition coefficient (Wildman–Crippen LogP) is 1.95. The lowest BCUT2D eigenvalue weighted by atomic mass is 10.1. The van der Waals surface area contributed by atoms with Crippen LogP contribution in [0.15, 0.2) is 24.3 Å². The summed E-state index contributed by atoms with van der Waals surface area (Å²) in [6.45, 7) is 6.57. The Morgan fingerprint density at radius 3 is 2.54 bits per heavy atom. The normalized spacial score (nSPS) is 20.8. The molecule has 24 heavy (non-hydrogen) atoms. The average Bonchev–Trinajstić information content (AvgIpc) is 3.10. The van der Waals surface area contributed by atoms with Crippen LogP contribution in [0.25, 0.3) is 0 Å². The first-order chi connectivity index (χ1) is 10.8. The highest BCUT2D eigenvalue weighted by molar-refractivity contribution is 5.92. The zero-order chi connectivity index (χ0) is 15.2. The van der Waals surface area contributed by atoms with Crippen molar-refractivity contribution in [2.24, 2.45) is 5.92 Å². The van der Waals surface area contributed by atoms with Gasteiger partial charge in [0.05, 0.1) is 19.1 Å². The fourth-order valence-corrected chi connectivity index (χ4v) is 2.99. The number of amides is 1. The summed E-state index contributed by atoms with van der Waals surface area (Å²) in [5, 5.41) is 6.23. The molecule has 7 heteroatoms. The standard InChI is InChI=1S/C17H25N3O2.2ClH/c21-17(15-5-7-18-13-15)19-16-3-1-14(2-4-16)6-8-20-9-11-22-12-10-20;;/h1-4,15,18H,5-13H2,(H,19,21);2*1H. The van der Waals surface area contributed by atoms with Crippen LogP contribution in [0, 0.1) is 5.92 Å². The van der Waals surface area contributed by atoms with Gasteiger partial charge in [-0.25, -0.2) is 0 Å². The van der Waals surface area contributed by atoms with Gasteiger partial charge in [0.25, 0.3) is 0 Å². The molecule has 0 saturated carbocycles. The number of nitrogens with zero attached hydrogens (tertiary/aromatic N) is 1. The lowest BCUT2D eigenvalue weighted by Gasteiger charge is -2.26. The predicted molar refractivity (Wildman–Crippen MR) is 102 cm³/mol. The fraction of sp³-hybridized carbons (Fsp3) is 0.588. The molecule has 2 aliphatic rings.